The van der Waals surface area contributed by atoms with E-state index in [1.807, 2.05) is 19.9 Å². The van der Waals surface area contributed by atoms with E-state index in [2.05, 4.69) is 15.6 Å². The number of amides is 2. The third-order valence-electron chi connectivity index (χ3n) is 3.99. The Kier molecular flexibility index (Phi) is 5.40. The van der Waals surface area contributed by atoms with Crippen molar-refractivity contribution in [1.29, 1.82) is 0 Å². The van der Waals surface area contributed by atoms with Crippen LogP contribution in [0.3, 0.4) is 0 Å². The minimum Gasteiger partial charge on any atom is -0.495 e. The maximum atomic E-state index is 12.8. The summed E-state index contributed by atoms with van der Waals surface area (Å²) in [6.07, 6.45) is 1.71. The van der Waals surface area contributed by atoms with Gasteiger partial charge in [-0.05, 0) is 30.2 Å². The van der Waals surface area contributed by atoms with Crippen molar-refractivity contribution in [3.63, 3.8) is 0 Å². The number of fused-ring (bicyclic) bond motifs is 1. The molecule has 0 bridgehead atoms. The van der Waals surface area contributed by atoms with Gasteiger partial charge in [-0.2, -0.15) is 0 Å². The first-order valence-electron chi connectivity index (χ1n) is 8.71. The van der Waals surface area contributed by atoms with E-state index in [0.717, 1.165) is 0 Å². The molecular weight excluding hydrogens is 344 g/mol. The summed E-state index contributed by atoms with van der Waals surface area (Å²) in [6.45, 7) is 4.56. The van der Waals surface area contributed by atoms with Crippen LogP contribution >= 0.6 is 0 Å². The number of methoxy groups -OCH3 is 1. The standard InChI is InChI=1S/C20H22N4O3/c1-13(2)12-21-19(25)17-15-9-6-7-11-24(15)18(23-17)20(26)22-14-8-4-5-10-16(14)27-3/h4-11,13H,12H2,1-3H3,(H,21,25)(H,22,26). The van der Waals surface area contributed by atoms with E-state index in [0.29, 0.717) is 29.4 Å². The Morgan fingerprint density at radius 2 is 1.85 bits per heavy atom. The number of carbonyl (C=O) groups is 2. The normalized spacial score (nSPS) is 10.8. The quantitative estimate of drug-likeness (QED) is 0.702. The second kappa shape index (κ2) is 7.90. The number of hydrogen-bond acceptors (Lipinski definition) is 4. The predicted molar refractivity (Wildman–Crippen MR) is 103 cm³/mol. The van der Waals surface area contributed by atoms with Gasteiger partial charge in [-0.3, -0.25) is 14.0 Å². The zero-order valence-electron chi connectivity index (χ0n) is 15.5. The Hall–Kier alpha value is -3.35. The third kappa shape index (κ3) is 3.92. The molecular formula is C20H22N4O3. The average molecular weight is 366 g/mol. The smallest absolute Gasteiger partial charge is 0.292 e. The van der Waals surface area contributed by atoms with Crippen LogP contribution in [-0.2, 0) is 0 Å². The fourth-order valence-corrected chi connectivity index (χ4v) is 2.67. The lowest BCUT2D eigenvalue weighted by Crippen LogP contribution is -2.27. The molecule has 0 unspecified atom stereocenters. The number of pyridine rings is 1. The van der Waals surface area contributed by atoms with E-state index in [1.54, 1.807) is 47.0 Å². The first-order valence-corrected chi connectivity index (χ1v) is 8.71. The van der Waals surface area contributed by atoms with Crippen LogP contribution in [0.25, 0.3) is 5.52 Å². The molecule has 2 amide bonds. The zero-order chi connectivity index (χ0) is 19.4. The molecule has 0 aliphatic carbocycles. The van der Waals surface area contributed by atoms with Crippen molar-refractivity contribution >= 4 is 23.0 Å². The van der Waals surface area contributed by atoms with E-state index in [4.69, 9.17) is 4.74 Å². The molecule has 0 radical (unpaired) electrons. The van der Waals surface area contributed by atoms with Crippen LogP contribution in [0.1, 0.15) is 35.0 Å². The topological polar surface area (TPSA) is 84.7 Å². The van der Waals surface area contributed by atoms with Gasteiger partial charge in [0.1, 0.15) is 5.75 Å². The molecule has 2 aromatic heterocycles. The fourth-order valence-electron chi connectivity index (χ4n) is 2.67. The predicted octanol–water partition coefficient (Wildman–Crippen LogP) is 2.98. The number of nitrogens with one attached hydrogen (secondary N) is 2. The number of nitrogens with zero attached hydrogens (tertiary/aromatic N) is 2. The third-order valence-corrected chi connectivity index (χ3v) is 3.99. The van der Waals surface area contributed by atoms with Crippen LogP contribution < -0.4 is 15.4 Å². The Morgan fingerprint density at radius 1 is 1.11 bits per heavy atom. The van der Waals surface area contributed by atoms with Gasteiger partial charge in [-0.25, -0.2) is 4.98 Å². The number of hydrogen-bond donors (Lipinski definition) is 2. The molecule has 0 aliphatic rings. The number of aromatic nitrogens is 2. The van der Waals surface area contributed by atoms with Crippen LogP contribution in [0.5, 0.6) is 5.75 Å². The summed E-state index contributed by atoms with van der Waals surface area (Å²) in [5.74, 6) is 0.260. The average Bonchev–Trinajstić information content (AvgIpc) is 3.06. The van der Waals surface area contributed by atoms with Gasteiger partial charge in [0.2, 0.25) is 5.82 Å². The van der Waals surface area contributed by atoms with Crippen molar-refractivity contribution in [1.82, 2.24) is 14.7 Å². The number of benzene rings is 1. The Labute approximate surface area is 157 Å². The zero-order valence-corrected chi connectivity index (χ0v) is 15.5. The van der Waals surface area contributed by atoms with E-state index >= 15 is 0 Å². The lowest BCUT2D eigenvalue weighted by atomic mass is 10.2. The van der Waals surface area contributed by atoms with Crippen molar-refractivity contribution in [2.75, 3.05) is 19.0 Å². The molecule has 3 aromatic rings. The summed E-state index contributed by atoms with van der Waals surface area (Å²) < 4.78 is 6.87. The van der Waals surface area contributed by atoms with Crippen LogP contribution in [0, 0.1) is 5.92 Å². The number of ether oxygens (including phenoxy) is 1. The van der Waals surface area contributed by atoms with E-state index < -0.39 is 5.91 Å². The fraction of sp³-hybridized carbons (Fsp3) is 0.250. The van der Waals surface area contributed by atoms with Crippen molar-refractivity contribution in [2.24, 2.45) is 5.92 Å². The number of anilines is 1. The molecule has 0 saturated carbocycles. The van der Waals surface area contributed by atoms with E-state index in [-0.39, 0.29) is 17.4 Å². The largest absolute Gasteiger partial charge is 0.495 e. The summed E-state index contributed by atoms with van der Waals surface area (Å²) in [6, 6.07) is 12.5. The molecule has 140 valence electrons. The minimum atomic E-state index is -0.427. The minimum absolute atomic E-state index is 0.131. The lowest BCUT2D eigenvalue weighted by Gasteiger charge is -2.09. The summed E-state index contributed by atoms with van der Waals surface area (Å²) in [5, 5.41) is 5.64. The summed E-state index contributed by atoms with van der Waals surface area (Å²) in [4.78, 5) is 29.7. The number of imidazole rings is 1. The SMILES string of the molecule is COc1ccccc1NC(=O)c1nc(C(=O)NCC(C)C)c2ccccn12. The van der Waals surface area contributed by atoms with Gasteiger partial charge < -0.3 is 15.4 Å². The molecule has 0 atom stereocenters. The second-order valence-electron chi connectivity index (χ2n) is 6.50. The molecule has 0 spiro atoms. The van der Waals surface area contributed by atoms with Crippen LogP contribution in [0.4, 0.5) is 5.69 Å². The summed E-state index contributed by atoms with van der Waals surface area (Å²) >= 11 is 0. The highest BCUT2D eigenvalue weighted by atomic mass is 16.5. The van der Waals surface area contributed by atoms with Crippen molar-refractivity contribution < 1.29 is 14.3 Å². The lowest BCUT2D eigenvalue weighted by molar-refractivity contribution is 0.0946. The van der Waals surface area contributed by atoms with Gasteiger partial charge in [0, 0.05) is 12.7 Å². The monoisotopic (exact) mass is 366 g/mol. The molecule has 7 nitrogen and oxygen atoms in total. The molecule has 0 saturated heterocycles. The molecule has 3 rings (SSSR count). The molecule has 0 fully saturated rings. The number of para-hydroxylation sites is 2. The van der Waals surface area contributed by atoms with Gasteiger partial charge in [0.25, 0.3) is 11.8 Å². The maximum Gasteiger partial charge on any atom is 0.292 e. The molecule has 2 N–H and O–H groups in total. The molecule has 0 aliphatic heterocycles. The molecule has 27 heavy (non-hydrogen) atoms. The summed E-state index contributed by atoms with van der Waals surface area (Å²) in [7, 11) is 1.53. The van der Waals surface area contributed by atoms with Gasteiger partial charge in [-0.1, -0.05) is 32.0 Å². The van der Waals surface area contributed by atoms with Gasteiger partial charge in [0.15, 0.2) is 5.69 Å². The Morgan fingerprint density at radius 3 is 2.59 bits per heavy atom. The Bertz CT molecular complexity index is 978. The number of carbonyl (C=O) groups excluding carboxylic acids is 2. The van der Waals surface area contributed by atoms with Crippen molar-refractivity contribution in [2.45, 2.75) is 13.8 Å². The molecule has 7 heteroatoms. The second-order valence-corrected chi connectivity index (χ2v) is 6.50. The van der Waals surface area contributed by atoms with Gasteiger partial charge >= 0.3 is 0 Å². The van der Waals surface area contributed by atoms with E-state index in [9.17, 15) is 9.59 Å². The highest BCUT2D eigenvalue weighted by molar-refractivity contribution is 6.06. The van der Waals surface area contributed by atoms with Crippen LogP contribution in [-0.4, -0.2) is 34.9 Å². The van der Waals surface area contributed by atoms with Crippen molar-refractivity contribution in [3.05, 3.63) is 60.2 Å². The summed E-state index contributed by atoms with van der Waals surface area (Å²) in [5.41, 5.74) is 1.33. The van der Waals surface area contributed by atoms with Crippen molar-refractivity contribution in [3.8, 4) is 5.75 Å². The first kappa shape index (κ1) is 18.4. The number of rotatable bonds is 6. The van der Waals surface area contributed by atoms with Gasteiger partial charge in [0.05, 0.1) is 18.3 Å². The van der Waals surface area contributed by atoms with Crippen LogP contribution in [0.2, 0.25) is 0 Å². The molecule has 1 aromatic carbocycles. The molecule has 2 heterocycles. The first-order chi connectivity index (χ1) is 13.0. The highest BCUT2D eigenvalue weighted by Gasteiger charge is 2.22. The van der Waals surface area contributed by atoms with Crippen LogP contribution in [0.15, 0.2) is 48.7 Å². The van der Waals surface area contributed by atoms with Gasteiger partial charge in [-0.15, -0.1) is 0 Å². The Balaban J connectivity index is 1.94. The van der Waals surface area contributed by atoms with E-state index in [1.165, 1.54) is 7.11 Å². The maximum absolute atomic E-state index is 12.8. The highest BCUT2D eigenvalue weighted by Crippen LogP contribution is 2.24.